The smallest absolute Gasteiger partial charge is 0.407 e. The predicted octanol–water partition coefficient (Wildman–Crippen LogP) is 5.39. The molecule has 2 aromatic heterocycles. The van der Waals surface area contributed by atoms with Crippen LogP contribution < -0.4 is 15.4 Å². The van der Waals surface area contributed by atoms with Gasteiger partial charge in [-0.25, -0.2) is 9.78 Å². The lowest BCUT2D eigenvalue weighted by atomic mass is 9.88. The summed E-state index contributed by atoms with van der Waals surface area (Å²) in [5.41, 5.74) is 3.48. The molecule has 0 bridgehead atoms. The summed E-state index contributed by atoms with van der Waals surface area (Å²) in [7, 11) is 0. The Bertz CT molecular complexity index is 1290. The summed E-state index contributed by atoms with van der Waals surface area (Å²) < 4.78 is 11.1. The van der Waals surface area contributed by atoms with Crippen LogP contribution in [0.5, 0.6) is 5.75 Å². The van der Waals surface area contributed by atoms with Gasteiger partial charge in [-0.2, -0.15) is 5.26 Å². The second-order valence-corrected chi connectivity index (χ2v) is 10.9. The third-order valence-electron chi connectivity index (χ3n) is 6.13. The number of benzene rings is 1. The first kappa shape index (κ1) is 26.6. The Balaban J connectivity index is 1.29. The topological polar surface area (TPSA) is 113 Å². The Morgan fingerprint density at radius 1 is 1.30 bits per heavy atom. The molecule has 2 N–H and O–H groups in total. The van der Waals surface area contributed by atoms with Gasteiger partial charge in [0.2, 0.25) is 5.91 Å². The fraction of sp³-hybridized carbons (Fsp3) is 0.407. The number of nitriles is 1. The molecule has 0 aliphatic heterocycles. The van der Waals surface area contributed by atoms with E-state index in [1.807, 2.05) is 43.5 Å². The van der Waals surface area contributed by atoms with Crippen LogP contribution in [0.3, 0.4) is 0 Å². The number of ether oxygens (including phenoxy) is 2. The molecule has 2 heterocycles. The van der Waals surface area contributed by atoms with Gasteiger partial charge in [-0.3, -0.25) is 4.79 Å². The van der Waals surface area contributed by atoms with Gasteiger partial charge >= 0.3 is 6.09 Å². The highest BCUT2D eigenvalue weighted by Crippen LogP contribution is 2.39. The van der Waals surface area contributed by atoms with Crippen LogP contribution in [0.1, 0.15) is 52.0 Å². The summed E-state index contributed by atoms with van der Waals surface area (Å²) in [6.45, 7) is 5.07. The molecule has 10 heteroatoms. The average molecular weight is 539 g/mol. The molecule has 1 aliphatic rings. The number of hydrogen-bond acceptors (Lipinski definition) is 8. The third-order valence-corrected chi connectivity index (χ3v) is 8.26. The predicted molar refractivity (Wildman–Crippen MR) is 144 cm³/mol. The molecular weight excluding hydrogens is 508 g/mol. The normalized spacial score (nSPS) is 14.4. The van der Waals surface area contributed by atoms with Crippen molar-refractivity contribution in [2.45, 2.75) is 52.5 Å². The molecule has 0 spiro atoms. The largest absolute Gasteiger partial charge is 0.494 e. The molecule has 0 radical (unpaired) electrons. The van der Waals surface area contributed by atoms with Gasteiger partial charge in [-0.15, -0.1) is 22.7 Å². The van der Waals surface area contributed by atoms with E-state index in [1.165, 1.54) is 22.7 Å². The zero-order valence-corrected chi connectivity index (χ0v) is 22.6. The van der Waals surface area contributed by atoms with E-state index in [0.29, 0.717) is 49.6 Å². The van der Waals surface area contributed by atoms with E-state index in [-0.39, 0.29) is 11.8 Å². The van der Waals surface area contributed by atoms with Crippen LogP contribution in [0, 0.1) is 24.2 Å². The average Bonchev–Trinajstić information content (AvgIpc) is 3.47. The molecule has 1 aliphatic carbocycles. The number of alkyl carbamates (subject to hydrolysis) is 1. The molecule has 194 valence electrons. The Morgan fingerprint density at radius 2 is 2.14 bits per heavy atom. The number of rotatable bonds is 10. The molecule has 3 aromatic rings. The number of aryl methyl sites for hydroxylation is 2. The minimum atomic E-state index is -0.457. The van der Waals surface area contributed by atoms with Crippen molar-refractivity contribution >= 4 is 39.7 Å². The minimum absolute atomic E-state index is 0.131. The zero-order chi connectivity index (χ0) is 26.2. The number of nitrogens with one attached hydrogen (secondary N) is 2. The number of carbonyl (C=O) groups excluding carboxylic acids is 2. The number of anilines is 1. The minimum Gasteiger partial charge on any atom is -0.494 e. The number of amides is 2. The summed E-state index contributed by atoms with van der Waals surface area (Å²) in [6, 6.07) is 10.0. The first-order chi connectivity index (χ1) is 18.0. The van der Waals surface area contributed by atoms with Crippen molar-refractivity contribution in [3.63, 3.8) is 0 Å². The molecule has 2 amide bonds. The summed E-state index contributed by atoms with van der Waals surface area (Å²) >= 11 is 2.96. The lowest BCUT2D eigenvalue weighted by Gasteiger charge is -2.21. The molecule has 1 atom stereocenters. The Kier molecular flexibility index (Phi) is 9.14. The first-order valence-electron chi connectivity index (χ1n) is 12.3. The molecular formula is C27H30N4O4S2. The van der Waals surface area contributed by atoms with Crippen molar-refractivity contribution < 1.29 is 19.1 Å². The van der Waals surface area contributed by atoms with Gasteiger partial charge in [0.15, 0.2) is 0 Å². The van der Waals surface area contributed by atoms with Crippen molar-refractivity contribution in [3.8, 4) is 11.8 Å². The maximum atomic E-state index is 12.7. The van der Waals surface area contributed by atoms with Crippen molar-refractivity contribution in [2.75, 3.05) is 18.5 Å². The Labute approximate surface area is 224 Å². The molecule has 0 saturated heterocycles. The number of aromatic nitrogens is 1. The fourth-order valence-corrected chi connectivity index (χ4v) is 6.36. The van der Waals surface area contributed by atoms with Gasteiger partial charge in [-0.1, -0.05) is 18.2 Å². The SMILES string of the molecule is CCOc1ccccc1CCC(=O)Nc1sc2c(c1C#N)CCC(COC(=O)NCc1nc(C)cs1)C2. The number of thiophene rings is 1. The molecule has 0 saturated carbocycles. The molecule has 0 fully saturated rings. The van der Waals surface area contributed by atoms with Gasteiger partial charge in [0.25, 0.3) is 0 Å². The standard InChI is InChI=1S/C27H30N4O4S2/c1-3-34-22-7-5-4-6-19(22)9-11-24(32)31-26-21(13-28)20-10-8-18(12-23(20)37-26)15-35-27(33)29-14-25-30-17(2)16-36-25/h4-7,16,18H,3,8-12,14-15H2,1-2H3,(H,29,33)(H,31,32). The molecule has 4 rings (SSSR count). The van der Waals surface area contributed by atoms with Gasteiger partial charge < -0.3 is 20.1 Å². The van der Waals surface area contributed by atoms with E-state index in [1.54, 1.807) is 0 Å². The van der Waals surface area contributed by atoms with E-state index in [4.69, 9.17) is 9.47 Å². The van der Waals surface area contributed by atoms with E-state index in [0.717, 1.165) is 45.3 Å². The quantitative estimate of drug-likeness (QED) is 0.358. The van der Waals surface area contributed by atoms with Crippen LogP contribution in [0.25, 0.3) is 0 Å². The fourth-order valence-electron chi connectivity index (χ4n) is 4.32. The van der Waals surface area contributed by atoms with Gasteiger partial charge in [0.05, 0.1) is 25.3 Å². The van der Waals surface area contributed by atoms with E-state index in [9.17, 15) is 14.9 Å². The third kappa shape index (κ3) is 7.08. The summed E-state index contributed by atoms with van der Waals surface area (Å²) in [4.78, 5) is 30.2. The monoisotopic (exact) mass is 538 g/mol. The number of carbonyl (C=O) groups is 2. The number of thiazole rings is 1. The molecule has 8 nitrogen and oxygen atoms in total. The van der Waals surface area contributed by atoms with Crippen LogP contribution in [0.4, 0.5) is 9.80 Å². The Hall–Kier alpha value is -3.42. The van der Waals surface area contributed by atoms with Crippen molar-refractivity contribution in [1.29, 1.82) is 5.26 Å². The zero-order valence-electron chi connectivity index (χ0n) is 21.0. The Morgan fingerprint density at radius 3 is 2.89 bits per heavy atom. The van der Waals surface area contributed by atoms with Crippen LogP contribution in [-0.2, 0) is 35.3 Å². The van der Waals surface area contributed by atoms with E-state index >= 15 is 0 Å². The highest BCUT2D eigenvalue weighted by molar-refractivity contribution is 7.16. The molecule has 1 aromatic carbocycles. The van der Waals surface area contributed by atoms with E-state index in [2.05, 4.69) is 21.7 Å². The number of fused-ring (bicyclic) bond motifs is 1. The highest BCUT2D eigenvalue weighted by Gasteiger charge is 2.27. The number of hydrogen-bond donors (Lipinski definition) is 2. The lowest BCUT2D eigenvalue weighted by Crippen LogP contribution is -2.27. The van der Waals surface area contributed by atoms with Crippen LogP contribution >= 0.6 is 22.7 Å². The van der Waals surface area contributed by atoms with Gasteiger partial charge in [0, 0.05) is 22.4 Å². The van der Waals surface area contributed by atoms with Crippen LogP contribution in [0.15, 0.2) is 29.6 Å². The maximum absolute atomic E-state index is 12.7. The van der Waals surface area contributed by atoms with Crippen LogP contribution in [-0.4, -0.2) is 30.2 Å². The van der Waals surface area contributed by atoms with Crippen LogP contribution in [0.2, 0.25) is 0 Å². The molecule has 1 unspecified atom stereocenters. The lowest BCUT2D eigenvalue weighted by molar-refractivity contribution is -0.116. The van der Waals surface area contributed by atoms with Gasteiger partial charge in [-0.05, 0) is 62.6 Å². The maximum Gasteiger partial charge on any atom is 0.407 e. The summed E-state index contributed by atoms with van der Waals surface area (Å²) in [5, 5.41) is 18.9. The molecule has 37 heavy (non-hydrogen) atoms. The highest BCUT2D eigenvalue weighted by atomic mass is 32.1. The van der Waals surface area contributed by atoms with E-state index < -0.39 is 6.09 Å². The van der Waals surface area contributed by atoms with Crippen molar-refractivity contribution in [2.24, 2.45) is 5.92 Å². The second-order valence-electron chi connectivity index (χ2n) is 8.85. The number of nitrogens with zero attached hydrogens (tertiary/aromatic N) is 2. The van der Waals surface area contributed by atoms with Crippen molar-refractivity contribution in [3.05, 3.63) is 61.9 Å². The first-order valence-corrected chi connectivity index (χ1v) is 14.0. The van der Waals surface area contributed by atoms with Gasteiger partial charge in [0.1, 0.15) is 21.8 Å². The van der Waals surface area contributed by atoms with Crippen molar-refractivity contribution in [1.82, 2.24) is 10.3 Å². The summed E-state index contributed by atoms with van der Waals surface area (Å²) in [5.74, 6) is 0.833. The number of para-hydroxylation sites is 1. The summed E-state index contributed by atoms with van der Waals surface area (Å²) in [6.07, 6.45) is 2.65. The second kappa shape index (κ2) is 12.7.